The molecule has 0 spiro atoms. The van der Waals surface area contributed by atoms with Gasteiger partial charge in [0.1, 0.15) is 5.75 Å². The highest BCUT2D eigenvalue weighted by Crippen LogP contribution is 2.46. The Morgan fingerprint density at radius 3 is 2.63 bits per heavy atom. The minimum absolute atomic E-state index is 0.00955. The Labute approximate surface area is 276 Å². The fraction of sp³-hybridized carbons (Fsp3) is 0.235. The summed E-state index contributed by atoms with van der Waals surface area (Å²) in [6.45, 7) is 2.76. The molecular formula is C34H32Cl2N6O4. The monoisotopic (exact) mass is 658 g/mol. The number of carbonyl (C=O) groups is 1. The smallest absolute Gasteiger partial charge is 0.266 e. The quantitative estimate of drug-likeness (QED) is 0.0453. The number of hydrogen-bond acceptors (Lipinski definition) is 7. The molecule has 1 amide bonds. The lowest BCUT2D eigenvalue weighted by Gasteiger charge is -2.31. The van der Waals surface area contributed by atoms with Crippen LogP contribution in [0.4, 0.5) is 5.69 Å². The number of halogens is 2. The minimum atomic E-state index is -1.61. The Morgan fingerprint density at radius 2 is 1.89 bits per heavy atom. The van der Waals surface area contributed by atoms with Gasteiger partial charge in [-0.15, -0.1) is 0 Å². The van der Waals surface area contributed by atoms with Crippen LogP contribution < -0.4 is 15.6 Å². The largest absolute Gasteiger partial charge is 0.494 e. The number of aliphatic hydroxyl groups is 1. The number of aryl methyl sites for hydroxylation is 1. The van der Waals surface area contributed by atoms with Crippen molar-refractivity contribution in [1.29, 1.82) is 0 Å². The molecule has 1 aliphatic rings. The highest BCUT2D eigenvalue weighted by atomic mass is 35.5. The Balaban J connectivity index is 1.58. The van der Waals surface area contributed by atoms with E-state index in [1.54, 1.807) is 66.7 Å². The first kappa shape index (κ1) is 32.8. The average Bonchev–Trinajstić information content (AvgIpc) is 3.42. The number of carbonyl (C=O) groups excluding carboxylic acids is 1. The van der Waals surface area contributed by atoms with E-state index in [9.17, 15) is 10.3 Å². The van der Waals surface area contributed by atoms with Gasteiger partial charge in [0, 0.05) is 57.8 Å². The summed E-state index contributed by atoms with van der Waals surface area (Å²) in [5.74, 6) is 0.347. The van der Waals surface area contributed by atoms with Crippen LogP contribution in [-0.4, -0.2) is 35.7 Å². The van der Waals surface area contributed by atoms with E-state index in [1.807, 2.05) is 31.2 Å². The number of aliphatic hydroxyl groups excluding tert-OH is 1. The average molecular weight is 660 g/mol. The zero-order valence-electron chi connectivity index (χ0n) is 25.0. The van der Waals surface area contributed by atoms with Gasteiger partial charge in [-0.1, -0.05) is 88.5 Å². The molecule has 2 atom stereocenters. The fourth-order valence-corrected chi connectivity index (χ4v) is 5.73. The Morgan fingerprint density at radius 1 is 1.09 bits per heavy atom. The Hall–Kier alpha value is -4.57. The van der Waals surface area contributed by atoms with Crippen LogP contribution in [0.25, 0.3) is 10.4 Å². The molecule has 0 saturated carbocycles. The Kier molecular flexibility index (Phi) is 10.8. The maximum atomic E-state index is 14.5. The lowest BCUT2D eigenvalue weighted by Crippen LogP contribution is -2.53. The molecule has 1 aliphatic heterocycles. The number of aliphatic imine (C=N–C) groups is 1. The highest BCUT2D eigenvalue weighted by molar-refractivity contribution is 6.35. The van der Waals surface area contributed by atoms with Crippen LogP contribution in [0.3, 0.4) is 0 Å². The minimum Gasteiger partial charge on any atom is -0.494 e. The zero-order chi connectivity index (χ0) is 32.5. The highest BCUT2D eigenvalue weighted by Gasteiger charge is 2.54. The van der Waals surface area contributed by atoms with E-state index in [2.05, 4.69) is 20.9 Å². The van der Waals surface area contributed by atoms with Crippen LogP contribution in [0.5, 0.6) is 5.75 Å². The first-order valence-electron chi connectivity index (χ1n) is 14.6. The van der Waals surface area contributed by atoms with Crippen molar-refractivity contribution in [3.05, 3.63) is 139 Å². The summed E-state index contributed by atoms with van der Waals surface area (Å²) in [5.41, 5.74) is 17.7. The molecule has 12 heteroatoms. The molecule has 5 rings (SSSR count). The van der Waals surface area contributed by atoms with Gasteiger partial charge < -0.3 is 14.6 Å². The van der Waals surface area contributed by atoms with E-state index >= 15 is 0 Å². The lowest BCUT2D eigenvalue weighted by molar-refractivity contribution is -0.130. The molecule has 0 fully saturated rings. The molecule has 46 heavy (non-hydrogen) atoms. The van der Waals surface area contributed by atoms with E-state index < -0.39 is 17.6 Å². The maximum Gasteiger partial charge on any atom is 0.266 e. The predicted octanol–water partition coefficient (Wildman–Crippen LogP) is 7.33. The van der Waals surface area contributed by atoms with Gasteiger partial charge in [-0.25, -0.2) is 10.4 Å². The number of rotatable bonds is 13. The normalized spacial score (nSPS) is 17.0. The summed E-state index contributed by atoms with van der Waals surface area (Å²) in [4.78, 5) is 22.4. The second-order valence-electron chi connectivity index (χ2n) is 10.7. The van der Waals surface area contributed by atoms with E-state index in [0.29, 0.717) is 57.7 Å². The van der Waals surface area contributed by atoms with Crippen molar-refractivity contribution in [2.45, 2.75) is 38.0 Å². The summed E-state index contributed by atoms with van der Waals surface area (Å²) in [6.07, 6.45) is -0.475. The molecule has 1 heterocycles. The van der Waals surface area contributed by atoms with Gasteiger partial charge in [0.25, 0.3) is 5.91 Å². The van der Waals surface area contributed by atoms with E-state index in [0.717, 1.165) is 11.1 Å². The van der Waals surface area contributed by atoms with Gasteiger partial charge in [-0.2, -0.15) is 0 Å². The maximum absolute atomic E-state index is 14.5. The second-order valence-corrected chi connectivity index (χ2v) is 11.6. The van der Waals surface area contributed by atoms with Gasteiger partial charge in [-0.3, -0.25) is 10.2 Å². The Bertz CT molecular complexity index is 1780. The van der Waals surface area contributed by atoms with Crippen molar-refractivity contribution >= 4 is 40.7 Å². The SMILES string of the molecule is Cc1cccc(CNNC(=O)[C@@]2(Cc3ccccc3N=[N+]=[N-])N=C(c3ccc(OCCCO)cc3)O[C@H]2c2ccc(Cl)cc2Cl)c1. The van der Waals surface area contributed by atoms with Crippen molar-refractivity contribution < 1.29 is 19.4 Å². The third-order valence-corrected chi connectivity index (χ3v) is 8.02. The van der Waals surface area contributed by atoms with Gasteiger partial charge in [0.2, 0.25) is 5.90 Å². The van der Waals surface area contributed by atoms with E-state index in [1.165, 1.54) is 0 Å². The van der Waals surface area contributed by atoms with Crippen LogP contribution in [-0.2, 0) is 22.5 Å². The number of azide groups is 1. The van der Waals surface area contributed by atoms with Crippen LogP contribution in [0.1, 0.15) is 40.3 Å². The van der Waals surface area contributed by atoms with Crippen molar-refractivity contribution in [3.63, 3.8) is 0 Å². The molecule has 0 unspecified atom stereocenters. The standard InChI is InChI=1S/C34H32Cl2N6O4/c1-22-6-4-7-23(18-22)21-38-41-33(44)34(20-25-8-2-3-9-30(25)40-42-37)31(28-15-12-26(35)19-29(28)36)46-32(39-34)24-10-13-27(14-11-24)45-17-5-16-43/h2-4,6-15,18-19,31,38,43H,5,16-17,20-21H2,1H3,(H,41,44)/t31-,34-/m0/s1. The van der Waals surface area contributed by atoms with Crippen LogP contribution in [0.2, 0.25) is 10.0 Å². The topological polar surface area (TPSA) is 141 Å². The zero-order valence-corrected chi connectivity index (χ0v) is 26.5. The summed E-state index contributed by atoms with van der Waals surface area (Å²) in [7, 11) is 0. The molecule has 10 nitrogen and oxygen atoms in total. The number of amides is 1. The lowest BCUT2D eigenvalue weighted by atomic mass is 9.81. The van der Waals surface area contributed by atoms with Crippen LogP contribution in [0, 0.1) is 6.92 Å². The molecule has 3 N–H and O–H groups in total. The number of benzene rings is 4. The first-order chi connectivity index (χ1) is 22.3. The van der Waals surface area contributed by atoms with Crippen molar-refractivity contribution in [2.75, 3.05) is 13.2 Å². The molecule has 4 aromatic carbocycles. The van der Waals surface area contributed by atoms with E-state index in [-0.39, 0.29) is 18.9 Å². The number of hydrazine groups is 1. The molecule has 0 aromatic heterocycles. The predicted molar refractivity (Wildman–Crippen MR) is 178 cm³/mol. The molecule has 0 aliphatic carbocycles. The summed E-state index contributed by atoms with van der Waals surface area (Å²) in [6, 6.07) is 27.0. The molecule has 0 saturated heterocycles. The third-order valence-electron chi connectivity index (χ3n) is 7.46. The molecule has 4 aromatic rings. The van der Waals surface area contributed by atoms with Crippen LogP contribution in [0.15, 0.2) is 101 Å². The second kappa shape index (κ2) is 15.1. The van der Waals surface area contributed by atoms with Crippen molar-refractivity contribution in [3.8, 4) is 5.75 Å². The van der Waals surface area contributed by atoms with E-state index in [4.69, 9.17) is 42.8 Å². The van der Waals surface area contributed by atoms with Gasteiger partial charge in [-0.05, 0) is 60.0 Å². The van der Waals surface area contributed by atoms with Crippen LogP contribution >= 0.6 is 23.2 Å². The molecule has 0 radical (unpaired) electrons. The third kappa shape index (κ3) is 7.62. The fourth-order valence-electron chi connectivity index (χ4n) is 5.23. The molecule has 236 valence electrons. The number of nitrogens with one attached hydrogen (secondary N) is 2. The van der Waals surface area contributed by atoms with Gasteiger partial charge in [0.15, 0.2) is 11.6 Å². The van der Waals surface area contributed by atoms with Gasteiger partial charge >= 0.3 is 0 Å². The number of nitrogens with zero attached hydrogens (tertiary/aromatic N) is 4. The van der Waals surface area contributed by atoms with Gasteiger partial charge in [0.05, 0.1) is 6.61 Å². The summed E-state index contributed by atoms with van der Waals surface area (Å²) < 4.78 is 12.2. The first-order valence-corrected chi connectivity index (χ1v) is 15.4. The summed E-state index contributed by atoms with van der Waals surface area (Å²) in [5, 5.41) is 13.7. The number of ether oxygens (including phenoxy) is 2. The summed E-state index contributed by atoms with van der Waals surface area (Å²) >= 11 is 13.0. The number of hydrogen-bond donors (Lipinski definition) is 3. The molecule has 0 bridgehead atoms. The molecular weight excluding hydrogens is 627 g/mol. The van der Waals surface area contributed by atoms with Crippen molar-refractivity contribution in [2.24, 2.45) is 10.1 Å². The van der Waals surface area contributed by atoms with Crippen molar-refractivity contribution in [1.82, 2.24) is 10.9 Å².